The van der Waals surface area contributed by atoms with Crippen molar-refractivity contribution in [3.63, 3.8) is 0 Å². The van der Waals surface area contributed by atoms with Crippen LogP contribution in [0.4, 0.5) is 0 Å². The molecule has 0 aliphatic heterocycles. The molecule has 0 saturated heterocycles. The standard InChI is InChI=1S/C11H17N3/c1-2-9-14-10-8-13-11(14)6-4-3-5-7-12/h8,10H,2-3,5,7,9,12H2,1H3. The highest BCUT2D eigenvalue weighted by molar-refractivity contribution is 5.21. The summed E-state index contributed by atoms with van der Waals surface area (Å²) in [5, 5.41) is 0. The molecule has 0 aliphatic rings. The van der Waals surface area contributed by atoms with Crippen LogP contribution in [0.3, 0.4) is 0 Å². The second-order valence-electron chi connectivity index (χ2n) is 3.14. The van der Waals surface area contributed by atoms with Gasteiger partial charge in [0.15, 0.2) is 5.82 Å². The number of unbranched alkanes of at least 4 members (excludes halogenated alkanes) is 1. The average Bonchev–Trinajstić information content (AvgIpc) is 2.61. The van der Waals surface area contributed by atoms with E-state index >= 15 is 0 Å². The van der Waals surface area contributed by atoms with Crippen molar-refractivity contribution in [2.45, 2.75) is 32.7 Å². The normalized spacial score (nSPS) is 9.57. The number of aryl methyl sites for hydroxylation is 1. The van der Waals surface area contributed by atoms with Crippen LogP contribution < -0.4 is 5.73 Å². The van der Waals surface area contributed by atoms with Crippen molar-refractivity contribution in [1.29, 1.82) is 0 Å². The highest BCUT2D eigenvalue weighted by Crippen LogP contribution is 1.97. The van der Waals surface area contributed by atoms with Crippen molar-refractivity contribution in [2.75, 3.05) is 6.54 Å². The first kappa shape index (κ1) is 10.8. The molecule has 0 fully saturated rings. The zero-order chi connectivity index (χ0) is 10.2. The third-order valence-corrected chi connectivity index (χ3v) is 1.89. The van der Waals surface area contributed by atoms with Gasteiger partial charge < -0.3 is 10.3 Å². The van der Waals surface area contributed by atoms with Crippen molar-refractivity contribution < 1.29 is 0 Å². The van der Waals surface area contributed by atoms with Gasteiger partial charge in [-0.1, -0.05) is 12.8 Å². The number of hydrogen-bond donors (Lipinski definition) is 1. The van der Waals surface area contributed by atoms with E-state index in [1.54, 1.807) is 6.20 Å². The van der Waals surface area contributed by atoms with E-state index < -0.39 is 0 Å². The van der Waals surface area contributed by atoms with Crippen molar-refractivity contribution in [3.05, 3.63) is 18.2 Å². The summed E-state index contributed by atoms with van der Waals surface area (Å²) in [6, 6.07) is 0. The van der Waals surface area contributed by atoms with Crippen LogP contribution in [0, 0.1) is 11.8 Å². The van der Waals surface area contributed by atoms with Crippen molar-refractivity contribution >= 4 is 0 Å². The van der Waals surface area contributed by atoms with E-state index in [4.69, 9.17) is 5.73 Å². The van der Waals surface area contributed by atoms with Crippen molar-refractivity contribution in [1.82, 2.24) is 9.55 Å². The van der Waals surface area contributed by atoms with Crippen LogP contribution in [0.1, 0.15) is 32.0 Å². The Morgan fingerprint density at radius 2 is 2.43 bits per heavy atom. The van der Waals surface area contributed by atoms with Crippen LogP contribution in [-0.2, 0) is 6.54 Å². The summed E-state index contributed by atoms with van der Waals surface area (Å²) in [6.07, 6.45) is 6.68. The number of rotatable bonds is 4. The number of nitrogens with zero attached hydrogens (tertiary/aromatic N) is 2. The lowest BCUT2D eigenvalue weighted by Gasteiger charge is -1.99. The molecule has 1 aromatic rings. The molecule has 1 aromatic heterocycles. The summed E-state index contributed by atoms with van der Waals surface area (Å²) in [4.78, 5) is 4.19. The number of imidazole rings is 1. The lowest BCUT2D eigenvalue weighted by molar-refractivity contribution is 0.671. The zero-order valence-corrected chi connectivity index (χ0v) is 8.66. The lowest BCUT2D eigenvalue weighted by atomic mass is 10.3. The van der Waals surface area contributed by atoms with Crippen molar-refractivity contribution in [2.24, 2.45) is 5.73 Å². The molecule has 14 heavy (non-hydrogen) atoms. The predicted molar refractivity (Wildman–Crippen MR) is 57.7 cm³/mol. The molecule has 76 valence electrons. The van der Waals surface area contributed by atoms with E-state index in [-0.39, 0.29) is 0 Å². The van der Waals surface area contributed by atoms with Crippen LogP contribution in [-0.4, -0.2) is 16.1 Å². The van der Waals surface area contributed by atoms with Gasteiger partial charge in [-0.15, -0.1) is 0 Å². The summed E-state index contributed by atoms with van der Waals surface area (Å²) in [6.45, 7) is 3.84. The minimum Gasteiger partial charge on any atom is -0.330 e. The van der Waals surface area contributed by atoms with E-state index in [1.165, 1.54) is 0 Å². The van der Waals surface area contributed by atoms with Gasteiger partial charge in [0.1, 0.15) is 0 Å². The minimum atomic E-state index is 0.706. The fraction of sp³-hybridized carbons (Fsp3) is 0.545. The molecule has 1 heterocycles. The first-order valence-electron chi connectivity index (χ1n) is 5.08. The van der Waals surface area contributed by atoms with Gasteiger partial charge >= 0.3 is 0 Å². The van der Waals surface area contributed by atoms with Crippen LogP contribution in [0.5, 0.6) is 0 Å². The van der Waals surface area contributed by atoms with E-state index in [9.17, 15) is 0 Å². The molecule has 3 nitrogen and oxygen atoms in total. The molecule has 2 N–H and O–H groups in total. The molecule has 0 spiro atoms. The highest BCUT2D eigenvalue weighted by Gasteiger charge is 1.95. The second kappa shape index (κ2) is 6.22. The predicted octanol–water partition coefficient (Wildman–Crippen LogP) is 1.38. The Morgan fingerprint density at radius 1 is 1.57 bits per heavy atom. The van der Waals surface area contributed by atoms with Crippen LogP contribution in [0.25, 0.3) is 0 Å². The number of aromatic nitrogens is 2. The quantitative estimate of drug-likeness (QED) is 0.577. The van der Waals surface area contributed by atoms with Gasteiger partial charge in [0.05, 0.1) is 0 Å². The smallest absolute Gasteiger partial charge is 0.185 e. The molecule has 3 heteroatoms. The van der Waals surface area contributed by atoms with E-state index in [2.05, 4.69) is 28.3 Å². The van der Waals surface area contributed by atoms with Crippen LogP contribution >= 0.6 is 0 Å². The maximum Gasteiger partial charge on any atom is 0.185 e. The molecular weight excluding hydrogens is 174 g/mol. The molecular formula is C11H17N3. The van der Waals surface area contributed by atoms with E-state index in [0.29, 0.717) is 6.54 Å². The van der Waals surface area contributed by atoms with Gasteiger partial charge in [-0.2, -0.15) is 0 Å². The van der Waals surface area contributed by atoms with Crippen LogP contribution in [0.2, 0.25) is 0 Å². The van der Waals surface area contributed by atoms with Gasteiger partial charge in [0.2, 0.25) is 0 Å². The summed E-state index contributed by atoms with van der Waals surface area (Å²) in [5.74, 6) is 7.00. The lowest BCUT2D eigenvalue weighted by Crippen LogP contribution is -1.99. The third-order valence-electron chi connectivity index (χ3n) is 1.89. The monoisotopic (exact) mass is 191 g/mol. The Balaban J connectivity index is 2.55. The Bertz CT molecular complexity index is 317. The van der Waals surface area contributed by atoms with E-state index in [0.717, 1.165) is 31.6 Å². The molecule has 0 aliphatic carbocycles. The van der Waals surface area contributed by atoms with Gasteiger partial charge in [-0.3, -0.25) is 0 Å². The Labute approximate surface area is 85.3 Å². The molecule has 0 saturated carbocycles. The topological polar surface area (TPSA) is 43.8 Å². The first-order chi connectivity index (χ1) is 6.88. The van der Waals surface area contributed by atoms with Gasteiger partial charge in [0.25, 0.3) is 0 Å². The number of nitrogens with two attached hydrogens (primary N) is 1. The Morgan fingerprint density at radius 3 is 3.14 bits per heavy atom. The summed E-state index contributed by atoms with van der Waals surface area (Å²) in [5.41, 5.74) is 5.38. The second-order valence-corrected chi connectivity index (χ2v) is 3.14. The van der Waals surface area contributed by atoms with E-state index in [1.807, 2.05) is 6.20 Å². The first-order valence-corrected chi connectivity index (χ1v) is 5.08. The van der Waals surface area contributed by atoms with Gasteiger partial charge in [-0.05, 0) is 25.3 Å². The summed E-state index contributed by atoms with van der Waals surface area (Å²) < 4.78 is 2.08. The fourth-order valence-electron chi connectivity index (χ4n) is 1.19. The van der Waals surface area contributed by atoms with Crippen LogP contribution in [0.15, 0.2) is 12.4 Å². The fourth-order valence-corrected chi connectivity index (χ4v) is 1.19. The number of hydrogen-bond acceptors (Lipinski definition) is 2. The zero-order valence-electron chi connectivity index (χ0n) is 8.66. The SMILES string of the molecule is CCCn1ccnc1C#CCCCN. The maximum absolute atomic E-state index is 5.38. The minimum absolute atomic E-state index is 0.706. The third kappa shape index (κ3) is 3.23. The molecule has 1 rings (SSSR count). The molecule has 0 bridgehead atoms. The molecule has 0 radical (unpaired) electrons. The van der Waals surface area contributed by atoms with Crippen molar-refractivity contribution in [3.8, 4) is 11.8 Å². The Kier molecular flexibility index (Phi) is 4.81. The molecule has 0 atom stereocenters. The summed E-state index contributed by atoms with van der Waals surface area (Å²) in [7, 11) is 0. The average molecular weight is 191 g/mol. The molecule has 0 aromatic carbocycles. The Hall–Kier alpha value is -1.27. The largest absolute Gasteiger partial charge is 0.330 e. The maximum atomic E-state index is 5.38. The summed E-state index contributed by atoms with van der Waals surface area (Å²) >= 11 is 0. The molecule has 0 unspecified atom stereocenters. The van der Waals surface area contributed by atoms with Gasteiger partial charge in [0, 0.05) is 25.4 Å². The van der Waals surface area contributed by atoms with Gasteiger partial charge in [-0.25, -0.2) is 4.98 Å². The highest BCUT2D eigenvalue weighted by atomic mass is 15.0. The molecule has 0 amide bonds.